The lowest BCUT2D eigenvalue weighted by Crippen LogP contribution is -2.50. The first-order valence-electron chi connectivity index (χ1n) is 5.08. The lowest BCUT2D eigenvalue weighted by molar-refractivity contribution is 0.0882. The number of rotatable bonds is 3. The van der Waals surface area contributed by atoms with E-state index in [1.54, 1.807) is 0 Å². The predicted octanol–water partition coefficient (Wildman–Crippen LogP) is 2.64. The molecule has 1 fully saturated rings. The molecule has 1 aliphatic heterocycles. The molecule has 0 radical (unpaired) electrons. The molecule has 1 aromatic rings. The summed E-state index contributed by atoms with van der Waals surface area (Å²) in [7, 11) is 0. The summed E-state index contributed by atoms with van der Waals surface area (Å²) in [5.41, 5.74) is 6.84. The van der Waals surface area contributed by atoms with Gasteiger partial charge in [-0.1, -0.05) is 33.6 Å². The Morgan fingerprint density at radius 3 is 2.87 bits per heavy atom. The number of benzene rings is 1. The Labute approximate surface area is 104 Å². The van der Waals surface area contributed by atoms with Gasteiger partial charge >= 0.3 is 0 Å². The van der Waals surface area contributed by atoms with Gasteiger partial charge in [0.15, 0.2) is 0 Å². The zero-order chi connectivity index (χ0) is 10.8. The molecule has 82 valence electrons. The quantitative estimate of drug-likeness (QED) is 0.927. The van der Waals surface area contributed by atoms with Crippen LogP contribution in [0.2, 0.25) is 5.02 Å². The second-order valence-electron chi connectivity index (χ2n) is 3.88. The zero-order valence-electron chi connectivity index (χ0n) is 8.42. The Kier molecular flexibility index (Phi) is 3.67. The monoisotopic (exact) mass is 288 g/mol. The van der Waals surface area contributed by atoms with Crippen molar-refractivity contribution in [2.24, 2.45) is 5.73 Å². The molecule has 1 unspecified atom stereocenters. The van der Waals surface area contributed by atoms with Gasteiger partial charge in [0.05, 0.1) is 0 Å². The normalized spacial score (nSPS) is 21.4. The van der Waals surface area contributed by atoms with Gasteiger partial charge in [-0.05, 0) is 24.1 Å². The third-order valence-corrected chi connectivity index (χ3v) is 3.77. The fourth-order valence-corrected chi connectivity index (χ4v) is 2.57. The molecule has 1 saturated heterocycles. The van der Waals surface area contributed by atoms with Crippen LogP contribution < -0.4 is 5.73 Å². The fraction of sp³-hybridized carbons (Fsp3) is 0.455. The number of hydrogen-bond acceptors (Lipinski definition) is 2. The minimum absolute atomic E-state index is 0.546. The van der Waals surface area contributed by atoms with Crippen LogP contribution in [-0.2, 0) is 6.54 Å². The number of nitrogens with zero attached hydrogens (tertiary/aromatic N) is 1. The Balaban J connectivity index is 2.04. The lowest BCUT2D eigenvalue weighted by Gasteiger charge is -2.40. The van der Waals surface area contributed by atoms with Gasteiger partial charge in [-0.3, -0.25) is 4.90 Å². The second kappa shape index (κ2) is 4.83. The summed E-state index contributed by atoms with van der Waals surface area (Å²) < 4.78 is 1.02. The molecule has 0 bridgehead atoms. The van der Waals surface area contributed by atoms with Crippen molar-refractivity contribution in [2.75, 3.05) is 13.1 Å². The Bertz CT molecular complexity index is 354. The molecule has 1 aromatic carbocycles. The van der Waals surface area contributed by atoms with Gasteiger partial charge in [0.1, 0.15) is 0 Å². The summed E-state index contributed by atoms with van der Waals surface area (Å²) in [6.45, 7) is 2.79. The first kappa shape index (κ1) is 11.4. The second-order valence-corrected chi connectivity index (χ2v) is 5.21. The van der Waals surface area contributed by atoms with Crippen molar-refractivity contribution in [1.82, 2.24) is 4.90 Å². The molecule has 2 N–H and O–H groups in total. The molecule has 0 aliphatic carbocycles. The predicted molar refractivity (Wildman–Crippen MR) is 67.0 cm³/mol. The van der Waals surface area contributed by atoms with E-state index in [0.717, 1.165) is 29.1 Å². The van der Waals surface area contributed by atoms with Crippen molar-refractivity contribution in [3.8, 4) is 0 Å². The fourth-order valence-electron chi connectivity index (χ4n) is 1.84. The number of likely N-dealkylation sites (tertiary alicyclic amines) is 1. The molecular formula is C11H14BrClN2. The first-order valence-corrected chi connectivity index (χ1v) is 6.26. The summed E-state index contributed by atoms with van der Waals surface area (Å²) in [5, 5.41) is 0.826. The molecule has 15 heavy (non-hydrogen) atoms. The average molecular weight is 290 g/mol. The highest BCUT2D eigenvalue weighted by molar-refractivity contribution is 9.10. The first-order chi connectivity index (χ1) is 7.20. The van der Waals surface area contributed by atoms with Crippen LogP contribution in [0.4, 0.5) is 0 Å². The molecule has 1 aliphatic rings. The standard InChI is InChI=1S/C11H14BrClN2/c12-9-2-1-8(11(13)5-9)7-15-4-3-10(15)6-14/h1-2,5,10H,3-4,6-7,14H2. The molecule has 2 nitrogen and oxygen atoms in total. The van der Waals surface area contributed by atoms with Gasteiger partial charge in [-0.25, -0.2) is 0 Å². The van der Waals surface area contributed by atoms with Crippen LogP contribution in [0, 0.1) is 0 Å². The third kappa shape index (κ3) is 2.53. The molecule has 0 amide bonds. The molecular weight excluding hydrogens is 275 g/mol. The van der Waals surface area contributed by atoms with E-state index >= 15 is 0 Å². The zero-order valence-corrected chi connectivity index (χ0v) is 10.8. The third-order valence-electron chi connectivity index (χ3n) is 2.93. The van der Waals surface area contributed by atoms with Crippen LogP contribution in [0.5, 0.6) is 0 Å². The van der Waals surface area contributed by atoms with Crippen LogP contribution in [0.3, 0.4) is 0 Å². The average Bonchev–Trinajstić information content (AvgIpc) is 2.15. The van der Waals surface area contributed by atoms with Crippen molar-refractivity contribution >= 4 is 27.5 Å². The number of halogens is 2. The molecule has 0 spiro atoms. The molecule has 2 rings (SSSR count). The SMILES string of the molecule is NCC1CCN1Cc1ccc(Br)cc1Cl. The maximum atomic E-state index is 6.16. The summed E-state index contributed by atoms with van der Waals surface area (Å²) in [6.07, 6.45) is 1.21. The summed E-state index contributed by atoms with van der Waals surface area (Å²) >= 11 is 9.56. The maximum Gasteiger partial charge on any atom is 0.0462 e. The summed E-state index contributed by atoms with van der Waals surface area (Å²) in [5.74, 6) is 0. The van der Waals surface area contributed by atoms with E-state index < -0.39 is 0 Å². The van der Waals surface area contributed by atoms with Gasteiger partial charge in [0.2, 0.25) is 0 Å². The van der Waals surface area contributed by atoms with E-state index in [-0.39, 0.29) is 0 Å². The maximum absolute atomic E-state index is 6.16. The van der Waals surface area contributed by atoms with Crippen molar-refractivity contribution in [2.45, 2.75) is 19.0 Å². The molecule has 0 saturated carbocycles. The minimum atomic E-state index is 0.546. The molecule has 1 heterocycles. The van der Waals surface area contributed by atoms with Gasteiger partial charge in [0.25, 0.3) is 0 Å². The van der Waals surface area contributed by atoms with Crippen LogP contribution in [0.25, 0.3) is 0 Å². The van der Waals surface area contributed by atoms with Gasteiger partial charge in [-0.15, -0.1) is 0 Å². The van der Waals surface area contributed by atoms with E-state index in [4.69, 9.17) is 17.3 Å². The largest absolute Gasteiger partial charge is 0.329 e. The van der Waals surface area contributed by atoms with Crippen molar-refractivity contribution in [1.29, 1.82) is 0 Å². The van der Waals surface area contributed by atoms with E-state index in [2.05, 4.69) is 26.9 Å². The lowest BCUT2D eigenvalue weighted by atomic mass is 10.0. The topological polar surface area (TPSA) is 29.3 Å². The molecule has 1 atom stereocenters. The van der Waals surface area contributed by atoms with Crippen molar-refractivity contribution in [3.05, 3.63) is 33.3 Å². The summed E-state index contributed by atoms with van der Waals surface area (Å²) in [4.78, 5) is 2.37. The Hall–Kier alpha value is -0.0900. The Morgan fingerprint density at radius 1 is 1.53 bits per heavy atom. The van der Waals surface area contributed by atoms with Crippen LogP contribution in [-0.4, -0.2) is 24.0 Å². The van der Waals surface area contributed by atoms with Crippen LogP contribution >= 0.6 is 27.5 Å². The minimum Gasteiger partial charge on any atom is -0.329 e. The van der Waals surface area contributed by atoms with Crippen molar-refractivity contribution < 1.29 is 0 Å². The highest BCUT2D eigenvalue weighted by atomic mass is 79.9. The van der Waals surface area contributed by atoms with Crippen LogP contribution in [0.15, 0.2) is 22.7 Å². The van der Waals surface area contributed by atoms with E-state index in [1.165, 1.54) is 12.0 Å². The van der Waals surface area contributed by atoms with E-state index in [0.29, 0.717) is 6.04 Å². The molecule has 0 aromatic heterocycles. The van der Waals surface area contributed by atoms with Crippen molar-refractivity contribution in [3.63, 3.8) is 0 Å². The molecule has 4 heteroatoms. The van der Waals surface area contributed by atoms with Gasteiger partial charge < -0.3 is 5.73 Å². The highest BCUT2D eigenvalue weighted by Crippen LogP contribution is 2.26. The van der Waals surface area contributed by atoms with Gasteiger partial charge in [-0.2, -0.15) is 0 Å². The van der Waals surface area contributed by atoms with E-state index in [9.17, 15) is 0 Å². The van der Waals surface area contributed by atoms with E-state index in [1.807, 2.05) is 12.1 Å². The summed E-state index contributed by atoms with van der Waals surface area (Å²) in [6, 6.07) is 6.58. The van der Waals surface area contributed by atoms with Crippen LogP contribution in [0.1, 0.15) is 12.0 Å². The number of hydrogen-bond donors (Lipinski definition) is 1. The Morgan fingerprint density at radius 2 is 2.33 bits per heavy atom. The smallest absolute Gasteiger partial charge is 0.0462 e. The highest BCUT2D eigenvalue weighted by Gasteiger charge is 2.26. The number of nitrogens with two attached hydrogens (primary N) is 1. The van der Waals surface area contributed by atoms with Gasteiger partial charge in [0, 0.05) is 35.2 Å².